The van der Waals surface area contributed by atoms with Gasteiger partial charge in [0, 0.05) is 6.61 Å². The predicted molar refractivity (Wildman–Crippen MR) is 68.3 cm³/mol. The molecular formula is C11H16N4O3. The molecule has 0 aliphatic carbocycles. The van der Waals surface area contributed by atoms with Gasteiger partial charge in [0.15, 0.2) is 0 Å². The van der Waals surface area contributed by atoms with Gasteiger partial charge in [0.2, 0.25) is 0 Å². The van der Waals surface area contributed by atoms with Gasteiger partial charge in [-0.1, -0.05) is 6.07 Å². The summed E-state index contributed by atoms with van der Waals surface area (Å²) in [5.41, 5.74) is 3.04. The summed E-state index contributed by atoms with van der Waals surface area (Å²) in [6.07, 6.45) is 0.873. The number of nitro benzene ring substituents is 1. The minimum absolute atomic E-state index is 0.0408. The number of nitrogens with two attached hydrogens (primary N) is 1. The number of nitrogens with zero attached hydrogens (tertiary/aromatic N) is 1. The summed E-state index contributed by atoms with van der Waals surface area (Å²) >= 11 is 0. The van der Waals surface area contributed by atoms with E-state index in [1.54, 1.807) is 18.2 Å². The number of para-hydroxylation sites is 1. The Hall–Kier alpha value is -1.86. The van der Waals surface area contributed by atoms with Gasteiger partial charge < -0.3 is 15.5 Å². The highest BCUT2D eigenvalue weighted by Crippen LogP contribution is 2.33. The molecule has 0 amide bonds. The molecule has 2 unspecified atom stereocenters. The maximum atomic E-state index is 11.1. The molecule has 1 fully saturated rings. The molecule has 1 aromatic rings. The number of rotatable bonds is 4. The van der Waals surface area contributed by atoms with Crippen molar-refractivity contribution in [2.24, 2.45) is 5.84 Å². The first kappa shape index (κ1) is 12.6. The SMILES string of the molecule is CC1OCCC1Nc1cccc(NN)c1[N+](=O)[O-]. The molecule has 0 spiro atoms. The number of hydrogen-bond donors (Lipinski definition) is 3. The molecule has 98 valence electrons. The van der Waals surface area contributed by atoms with Gasteiger partial charge >= 0.3 is 5.69 Å². The molecule has 1 saturated heterocycles. The Morgan fingerprint density at radius 1 is 1.50 bits per heavy atom. The lowest BCUT2D eigenvalue weighted by molar-refractivity contribution is -0.383. The molecule has 1 aliphatic rings. The number of nitrogens with one attached hydrogen (secondary N) is 2. The molecule has 0 aromatic heterocycles. The van der Waals surface area contributed by atoms with Gasteiger partial charge in [-0.05, 0) is 25.5 Å². The van der Waals surface area contributed by atoms with Crippen LogP contribution in [0.4, 0.5) is 17.1 Å². The Morgan fingerprint density at radius 3 is 2.78 bits per heavy atom. The van der Waals surface area contributed by atoms with Crippen LogP contribution >= 0.6 is 0 Å². The second-order valence-corrected chi connectivity index (χ2v) is 4.22. The number of hydrazine groups is 1. The van der Waals surface area contributed by atoms with Crippen LogP contribution in [0.2, 0.25) is 0 Å². The van der Waals surface area contributed by atoms with Gasteiger partial charge in [-0.3, -0.25) is 16.0 Å². The van der Waals surface area contributed by atoms with Gasteiger partial charge in [0.25, 0.3) is 0 Å². The van der Waals surface area contributed by atoms with Crippen LogP contribution < -0.4 is 16.6 Å². The van der Waals surface area contributed by atoms with Gasteiger partial charge in [0.1, 0.15) is 11.4 Å². The van der Waals surface area contributed by atoms with Crippen molar-refractivity contribution in [2.45, 2.75) is 25.5 Å². The van der Waals surface area contributed by atoms with Crippen molar-refractivity contribution in [3.63, 3.8) is 0 Å². The van der Waals surface area contributed by atoms with E-state index in [2.05, 4.69) is 10.7 Å². The maximum Gasteiger partial charge on any atom is 0.316 e. The third-order valence-corrected chi connectivity index (χ3v) is 3.09. The van der Waals surface area contributed by atoms with E-state index in [-0.39, 0.29) is 23.5 Å². The fourth-order valence-corrected chi connectivity index (χ4v) is 2.09. The zero-order valence-corrected chi connectivity index (χ0v) is 10.1. The summed E-state index contributed by atoms with van der Waals surface area (Å²) in [5, 5.41) is 14.2. The largest absolute Gasteiger partial charge is 0.376 e. The van der Waals surface area contributed by atoms with Crippen LogP contribution in [0.5, 0.6) is 0 Å². The predicted octanol–water partition coefficient (Wildman–Crippen LogP) is 1.47. The monoisotopic (exact) mass is 252 g/mol. The lowest BCUT2D eigenvalue weighted by Crippen LogP contribution is -2.27. The first-order valence-corrected chi connectivity index (χ1v) is 5.75. The Bertz CT molecular complexity index is 452. The third-order valence-electron chi connectivity index (χ3n) is 3.09. The second kappa shape index (κ2) is 5.19. The molecule has 2 rings (SSSR count). The lowest BCUT2D eigenvalue weighted by atomic mass is 10.1. The zero-order chi connectivity index (χ0) is 13.1. The first-order chi connectivity index (χ1) is 8.63. The molecule has 1 aromatic carbocycles. The summed E-state index contributed by atoms with van der Waals surface area (Å²) in [5.74, 6) is 5.29. The van der Waals surface area contributed by atoms with Crippen molar-refractivity contribution >= 4 is 17.1 Å². The lowest BCUT2D eigenvalue weighted by Gasteiger charge is -2.18. The molecule has 0 saturated carbocycles. The molecule has 2 atom stereocenters. The highest BCUT2D eigenvalue weighted by atomic mass is 16.6. The van der Waals surface area contributed by atoms with Crippen LogP contribution in [-0.4, -0.2) is 23.7 Å². The van der Waals surface area contributed by atoms with Crippen molar-refractivity contribution in [1.82, 2.24) is 0 Å². The number of anilines is 2. The van der Waals surface area contributed by atoms with Gasteiger partial charge in [0.05, 0.1) is 17.1 Å². The van der Waals surface area contributed by atoms with E-state index < -0.39 is 4.92 Å². The van der Waals surface area contributed by atoms with Crippen LogP contribution in [0.25, 0.3) is 0 Å². The molecule has 0 bridgehead atoms. The average molecular weight is 252 g/mol. The minimum Gasteiger partial charge on any atom is -0.376 e. The average Bonchev–Trinajstić information content (AvgIpc) is 2.74. The summed E-state index contributed by atoms with van der Waals surface area (Å²) in [4.78, 5) is 10.6. The first-order valence-electron chi connectivity index (χ1n) is 5.75. The van der Waals surface area contributed by atoms with Crippen LogP contribution in [0.3, 0.4) is 0 Å². The normalized spacial score (nSPS) is 22.8. The van der Waals surface area contributed by atoms with Gasteiger partial charge in [-0.25, -0.2) is 0 Å². The number of benzene rings is 1. The fraction of sp³-hybridized carbons (Fsp3) is 0.455. The Kier molecular flexibility index (Phi) is 3.63. The van der Waals surface area contributed by atoms with E-state index >= 15 is 0 Å². The van der Waals surface area contributed by atoms with E-state index in [1.807, 2.05) is 6.92 Å². The fourth-order valence-electron chi connectivity index (χ4n) is 2.09. The van der Waals surface area contributed by atoms with Crippen molar-refractivity contribution in [2.75, 3.05) is 17.3 Å². The molecule has 4 N–H and O–H groups in total. The molecular weight excluding hydrogens is 236 g/mol. The van der Waals surface area contributed by atoms with Crippen LogP contribution in [-0.2, 0) is 4.74 Å². The van der Waals surface area contributed by atoms with Crippen LogP contribution in [0.1, 0.15) is 13.3 Å². The Morgan fingerprint density at radius 2 is 2.22 bits per heavy atom. The van der Waals surface area contributed by atoms with Crippen molar-refractivity contribution in [1.29, 1.82) is 0 Å². The van der Waals surface area contributed by atoms with Gasteiger partial charge in [-0.2, -0.15) is 0 Å². The molecule has 18 heavy (non-hydrogen) atoms. The quantitative estimate of drug-likeness (QED) is 0.426. The van der Waals surface area contributed by atoms with E-state index in [0.29, 0.717) is 12.3 Å². The Balaban J connectivity index is 2.29. The molecule has 7 heteroatoms. The van der Waals surface area contributed by atoms with Crippen molar-refractivity contribution < 1.29 is 9.66 Å². The van der Waals surface area contributed by atoms with Crippen LogP contribution in [0.15, 0.2) is 18.2 Å². The zero-order valence-electron chi connectivity index (χ0n) is 10.1. The molecule has 7 nitrogen and oxygen atoms in total. The standard InChI is InChI=1S/C11H16N4O3/c1-7-8(5-6-18-7)13-9-3-2-4-10(14-12)11(9)15(16)17/h2-4,7-8,13-14H,5-6,12H2,1H3. The van der Waals surface area contributed by atoms with Gasteiger partial charge in [-0.15, -0.1) is 0 Å². The number of nitrogen functional groups attached to an aromatic ring is 1. The molecule has 1 aliphatic heterocycles. The topological polar surface area (TPSA) is 102 Å². The van der Waals surface area contributed by atoms with Crippen LogP contribution in [0, 0.1) is 10.1 Å². The molecule has 1 heterocycles. The smallest absolute Gasteiger partial charge is 0.316 e. The highest BCUT2D eigenvalue weighted by Gasteiger charge is 2.27. The third kappa shape index (κ3) is 2.36. The number of ether oxygens (including phenoxy) is 1. The number of nitro groups is 1. The summed E-state index contributed by atoms with van der Waals surface area (Å²) in [6, 6.07) is 5.03. The van der Waals surface area contributed by atoms with Crippen molar-refractivity contribution in [3.8, 4) is 0 Å². The van der Waals surface area contributed by atoms with E-state index in [1.165, 1.54) is 0 Å². The highest BCUT2D eigenvalue weighted by molar-refractivity contribution is 5.76. The van der Waals surface area contributed by atoms with E-state index in [4.69, 9.17) is 10.6 Å². The van der Waals surface area contributed by atoms with E-state index in [9.17, 15) is 10.1 Å². The van der Waals surface area contributed by atoms with Crippen molar-refractivity contribution in [3.05, 3.63) is 28.3 Å². The summed E-state index contributed by atoms with van der Waals surface area (Å²) < 4.78 is 5.42. The van der Waals surface area contributed by atoms with E-state index in [0.717, 1.165) is 6.42 Å². The minimum atomic E-state index is -0.446. The summed E-state index contributed by atoms with van der Waals surface area (Å²) in [6.45, 7) is 2.61. The summed E-state index contributed by atoms with van der Waals surface area (Å²) in [7, 11) is 0. The second-order valence-electron chi connectivity index (χ2n) is 4.22. The Labute approximate surface area is 104 Å². The number of hydrogen-bond acceptors (Lipinski definition) is 6. The maximum absolute atomic E-state index is 11.1. The molecule has 0 radical (unpaired) electrons.